The SMILES string of the molecule is CC1CCC(C)CC1.CC1CCC(C)OC1.[HH]. The Bertz CT molecular complexity index is 128. The zero-order valence-electron chi connectivity index (χ0n) is 11.7. The van der Waals surface area contributed by atoms with Gasteiger partial charge < -0.3 is 4.74 Å². The Balaban J connectivity index is 0.000000284. The van der Waals surface area contributed by atoms with Gasteiger partial charge in [-0.1, -0.05) is 46.5 Å². The molecular formula is C15H32O. The van der Waals surface area contributed by atoms with Gasteiger partial charge in [0.2, 0.25) is 0 Å². The molecule has 0 aromatic rings. The van der Waals surface area contributed by atoms with Gasteiger partial charge >= 0.3 is 0 Å². The van der Waals surface area contributed by atoms with E-state index in [0.29, 0.717) is 6.10 Å². The maximum Gasteiger partial charge on any atom is 0.0547 e. The third kappa shape index (κ3) is 5.89. The van der Waals surface area contributed by atoms with E-state index in [1.165, 1.54) is 38.5 Å². The number of ether oxygens (including phenoxy) is 1. The molecule has 1 aliphatic heterocycles. The predicted octanol–water partition coefficient (Wildman–Crippen LogP) is 4.90. The van der Waals surface area contributed by atoms with Crippen molar-refractivity contribution >= 4 is 0 Å². The van der Waals surface area contributed by atoms with Gasteiger partial charge in [0.25, 0.3) is 0 Å². The first kappa shape index (κ1) is 14.0. The summed E-state index contributed by atoms with van der Waals surface area (Å²) in [4.78, 5) is 0. The molecule has 0 aromatic carbocycles. The van der Waals surface area contributed by atoms with E-state index in [1.807, 2.05) is 0 Å². The zero-order valence-corrected chi connectivity index (χ0v) is 11.7. The average molecular weight is 228 g/mol. The molecule has 0 radical (unpaired) electrons. The molecule has 2 unspecified atom stereocenters. The summed E-state index contributed by atoms with van der Waals surface area (Å²) >= 11 is 0. The van der Waals surface area contributed by atoms with Gasteiger partial charge in [0.1, 0.15) is 0 Å². The lowest BCUT2D eigenvalue weighted by Crippen LogP contribution is -2.21. The molecule has 0 bridgehead atoms. The van der Waals surface area contributed by atoms with Crippen LogP contribution in [-0.4, -0.2) is 12.7 Å². The average Bonchev–Trinajstić information content (AvgIpc) is 2.28. The van der Waals surface area contributed by atoms with Crippen molar-refractivity contribution in [1.82, 2.24) is 0 Å². The smallest absolute Gasteiger partial charge is 0.0547 e. The molecule has 2 aliphatic rings. The van der Waals surface area contributed by atoms with Crippen LogP contribution in [0.1, 0.15) is 67.6 Å². The van der Waals surface area contributed by atoms with Crippen molar-refractivity contribution in [3.8, 4) is 0 Å². The first-order chi connectivity index (χ1) is 7.58. The highest BCUT2D eigenvalue weighted by Crippen LogP contribution is 2.27. The first-order valence-electron chi connectivity index (χ1n) is 7.19. The summed E-state index contributed by atoms with van der Waals surface area (Å²) < 4.78 is 5.39. The fourth-order valence-corrected chi connectivity index (χ4v) is 2.44. The maximum absolute atomic E-state index is 5.39. The van der Waals surface area contributed by atoms with Gasteiger partial charge in [0.15, 0.2) is 0 Å². The Labute approximate surface area is 103 Å². The van der Waals surface area contributed by atoms with Crippen LogP contribution in [0.15, 0.2) is 0 Å². The molecule has 1 heterocycles. The summed E-state index contributed by atoms with van der Waals surface area (Å²) in [5, 5.41) is 0. The van der Waals surface area contributed by atoms with Crippen molar-refractivity contribution < 1.29 is 6.16 Å². The van der Waals surface area contributed by atoms with Crippen molar-refractivity contribution in [3.63, 3.8) is 0 Å². The van der Waals surface area contributed by atoms with Crippen LogP contribution in [0.5, 0.6) is 0 Å². The molecule has 0 spiro atoms. The second kappa shape index (κ2) is 7.32. The van der Waals surface area contributed by atoms with E-state index in [4.69, 9.17) is 4.74 Å². The van der Waals surface area contributed by atoms with Crippen LogP contribution < -0.4 is 0 Å². The minimum Gasteiger partial charge on any atom is -0.378 e. The Hall–Kier alpha value is -0.0400. The van der Waals surface area contributed by atoms with Crippen molar-refractivity contribution in [2.45, 2.75) is 72.3 Å². The molecule has 1 aliphatic carbocycles. The molecule has 0 N–H and O–H groups in total. The number of hydrogen-bond donors (Lipinski definition) is 0. The van der Waals surface area contributed by atoms with Gasteiger partial charge in [0, 0.05) is 8.03 Å². The van der Waals surface area contributed by atoms with E-state index in [1.54, 1.807) is 0 Å². The van der Waals surface area contributed by atoms with Crippen LogP contribution in [0, 0.1) is 17.8 Å². The van der Waals surface area contributed by atoms with Crippen molar-refractivity contribution in [1.29, 1.82) is 0 Å². The van der Waals surface area contributed by atoms with Gasteiger partial charge in [-0.3, -0.25) is 0 Å². The van der Waals surface area contributed by atoms with Crippen molar-refractivity contribution in [3.05, 3.63) is 0 Å². The van der Waals surface area contributed by atoms with E-state index in [-0.39, 0.29) is 1.43 Å². The second-order valence-electron chi connectivity index (χ2n) is 6.19. The Morgan fingerprint density at radius 1 is 0.688 bits per heavy atom. The van der Waals surface area contributed by atoms with Crippen LogP contribution >= 0.6 is 0 Å². The van der Waals surface area contributed by atoms with E-state index < -0.39 is 0 Å². The van der Waals surface area contributed by atoms with E-state index in [0.717, 1.165) is 24.4 Å². The standard InChI is InChI=1S/C8H16.C7H14O.H2/c1-7-3-5-8(2)6-4-7;1-6-3-4-7(2)8-5-6;/h7-8H,3-6H2,1-2H3;6-7H,3-5H2,1-2H3;1H. The normalized spacial score (nSPS) is 39.8. The summed E-state index contributed by atoms with van der Waals surface area (Å²) in [6.07, 6.45) is 9.01. The highest BCUT2D eigenvalue weighted by molar-refractivity contribution is 4.65. The third-order valence-corrected chi connectivity index (χ3v) is 4.04. The van der Waals surface area contributed by atoms with Crippen molar-refractivity contribution in [2.75, 3.05) is 6.61 Å². The molecule has 1 saturated heterocycles. The van der Waals surface area contributed by atoms with Crippen LogP contribution in [-0.2, 0) is 4.74 Å². The highest BCUT2D eigenvalue weighted by atomic mass is 16.5. The lowest BCUT2D eigenvalue weighted by molar-refractivity contribution is 0.000267. The molecule has 1 heteroatoms. The molecule has 1 saturated carbocycles. The summed E-state index contributed by atoms with van der Waals surface area (Å²) in [7, 11) is 0. The van der Waals surface area contributed by atoms with Crippen LogP contribution in [0.25, 0.3) is 0 Å². The van der Waals surface area contributed by atoms with Gasteiger partial charge in [-0.05, 0) is 37.5 Å². The van der Waals surface area contributed by atoms with Gasteiger partial charge in [-0.25, -0.2) is 0 Å². The highest BCUT2D eigenvalue weighted by Gasteiger charge is 2.13. The molecule has 98 valence electrons. The Morgan fingerprint density at radius 3 is 1.44 bits per heavy atom. The first-order valence-corrected chi connectivity index (χ1v) is 7.19. The fourth-order valence-electron chi connectivity index (χ4n) is 2.44. The monoisotopic (exact) mass is 228 g/mol. The van der Waals surface area contributed by atoms with E-state index in [9.17, 15) is 0 Å². The molecule has 2 rings (SSSR count). The topological polar surface area (TPSA) is 9.23 Å². The van der Waals surface area contributed by atoms with E-state index >= 15 is 0 Å². The Kier molecular flexibility index (Phi) is 6.41. The molecule has 16 heavy (non-hydrogen) atoms. The Morgan fingerprint density at radius 2 is 1.12 bits per heavy atom. The van der Waals surface area contributed by atoms with Crippen LogP contribution in [0.4, 0.5) is 0 Å². The largest absolute Gasteiger partial charge is 0.378 e. The summed E-state index contributed by atoms with van der Waals surface area (Å²) in [6.45, 7) is 10.1. The molecule has 0 aromatic heterocycles. The number of rotatable bonds is 0. The predicted molar refractivity (Wildman–Crippen MR) is 72.7 cm³/mol. The summed E-state index contributed by atoms with van der Waals surface area (Å²) in [6, 6.07) is 0. The minimum absolute atomic E-state index is 0. The molecule has 1 nitrogen and oxygen atoms in total. The summed E-state index contributed by atoms with van der Waals surface area (Å²) in [5.74, 6) is 2.84. The molecule has 2 atom stereocenters. The second-order valence-corrected chi connectivity index (χ2v) is 6.19. The van der Waals surface area contributed by atoms with Crippen LogP contribution in [0.2, 0.25) is 0 Å². The number of hydrogen-bond acceptors (Lipinski definition) is 1. The summed E-state index contributed by atoms with van der Waals surface area (Å²) in [5.41, 5.74) is 0. The maximum atomic E-state index is 5.39. The molecular weight excluding hydrogens is 196 g/mol. The van der Waals surface area contributed by atoms with Gasteiger partial charge in [-0.2, -0.15) is 0 Å². The van der Waals surface area contributed by atoms with Gasteiger partial charge in [0.05, 0.1) is 6.10 Å². The lowest BCUT2D eigenvalue weighted by atomic mass is 9.84. The zero-order chi connectivity index (χ0) is 12.0. The quantitative estimate of drug-likeness (QED) is 0.573. The minimum atomic E-state index is 0. The lowest BCUT2D eigenvalue weighted by Gasteiger charge is -2.23. The molecule has 2 fully saturated rings. The molecule has 0 amide bonds. The van der Waals surface area contributed by atoms with E-state index in [2.05, 4.69) is 27.7 Å². The third-order valence-electron chi connectivity index (χ3n) is 4.04. The van der Waals surface area contributed by atoms with Crippen LogP contribution in [0.3, 0.4) is 0 Å². The fraction of sp³-hybridized carbons (Fsp3) is 1.00. The van der Waals surface area contributed by atoms with Gasteiger partial charge in [-0.15, -0.1) is 0 Å². The van der Waals surface area contributed by atoms with Crippen molar-refractivity contribution in [2.24, 2.45) is 17.8 Å².